The monoisotopic (exact) mass is 725 g/mol. The Hall–Kier alpha value is -5.94. The molecule has 4 aliphatic heterocycles. The van der Waals surface area contributed by atoms with Gasteiger partial charge in [0.15, 0.2) is 23.0 Å². The molecule has 0 N–H and O–H groups in total. The Morgan fingerprint density at radius 2 is 1.35 bits per heavy atom. The van der Waals surface area contributed by atoms with Crippen LogP contribution in [0.15, 0.2) is 95.4 Å². The van der Waals surface area contributed by atoms with Crippen molar-refractivity contribution in [1.82, 2.24) is 14.7 Å². The number of aliphatic imine (C=N–C) groups is 2. The van der Waals surface area contributed by atoms with E-state index in [4.69, 9.17) is 28.9 Å². The predicted molar refractivity (Wildman–Crippen MR) is 208 cm³/mol. The Bertz CT molecular complexity index is 2200. The number of fused-ring (bicyclic) bond motifs is 6. The molecule has 0 fully saturated rings. The SMILES string of the molecule is C=CC12C=Nc3cc(OCCN(C)CCOc4cc5c(cc4OC)C(=O)N4Cc6ccccc6CC4C=N5)c(OC)cc3C(=O)N1Cc1ccccc1C2. The summed E-state index contributed by atoms with van der Waals surface area (Å²) < 4.78 is 23.7. The van der Waals surface area contributed by atoms with Gasteiger partial charge in [0, 0.05) is 57.2 Å². The molecule has 2 amide bonds. The van der Waals surface area contributed by atoms with Crippen LogP contribution in [0, 0.1) is 0 Å². The van der Waals surface area contributed by atoms with Crippen LogP contribution in [-0.4, -0.2) is 98.1 Å². The van der Waals surface area contributed by atoms with Gasteiger partial charge in [-0.1, -0.05) is 54.6 Å². The highest BCUT2D eigenvalue weighted by molar-refractivity contribution is 6.05. The molecule has 4 aromatic carbocycles. The molecule has 11 nitrogen and oxygen atoms in total. The van der Waals surface area contributed by atoms with E-state index in [0.29, 0.717) is 91.3 Å². The molecule has 0 aromatic heterocycles. The third-order valence-corrected chi connectivity index (χ3v) is 10.9. The maximum atomic E-state index is 14.0. The van der Waals surface area contributed by atoms with Crippen LogP contribution in [0.3, 0.4) is 0 Å². The van der Waals surface area contributed by atoms with Crippen LogP contribution in [-0.2, 0) is 25.9 Å². The minimum atomic E-state index is -0.736. The number of benzene rings is 4. The summed E-state index contributed by atoms with van der Waals surface area (Å²) in [6, 6.07) is 23.3. The van der Waals surface area contributed by atoms with Gasteiger partial charge in [0.25, 0.3) is 11.8 Å². The van der Waals surface area contributed by atoms with Gasteiger partial charge in [-0.15, -0.1) is 6.58 Å². The van der Waals surface area contributed by atoms with Gasteiger partial charge in [-0.2, -0.15) is 0 Å². The van der Waals surface area contributed by atoms with Crippen molar-refractivity contribution >= 4 is 35.6 Å². The Morgan fingerprint density at radius 3 is 1.98 bits per heavy atom. The van der Waals surface area contributed by atoms with Crippen molar-refractivity contribution in [2.45, 2.75) is 37.5 Å². The van der Waals surface area contributed by atoms with E-state index in [1.54, 1.807) is 38.5 Å². The number of nitrogens with zero attached hydrogens (tertiary/aromatic N) is 5. The van der Waals surface area contributed by atoms with Crippen LogP contribution < -0.4 is 18.9 Å². The molecule has 2 atom stereocenters. The van der Waals surface area contributed by atoms with Crippen LogP contribution in [0.4, 0.5) is 11.4 Å². The number of amides is 2. The average molecular weight is 726 g/mol. The van der Waals surface area contributed by atoms with Crippen molar-refractivity contribution in [3.05, 3.63) is 119 Å². The molecule has 54 heavy (non-hydrogen) atoms. The number of rotatable bonds is 11. The lowest BCUT2D eigenvalue weighted by Gasteiger charge is -2.43. The van der Waals surface area contributed by atoms with Gasteiger partial charge >= 0.3 is 0 Å². The first kappa shape index (κ1) is 35.1. The number of hydrogen-bond donors (Lipinski definition) is 0. The fourth-order valence-corrected chi connectivity index (χ4v) is 7.70. The third kappa shape index (κ3) is 6.38. The predicted octanol–water partition coefficient (Wildman–Crippen LogP) is 6.22. The zero-order valence-corrected chi connectivity index (χ0v) is 30.8. The summed E-state index contributed by atoms with van der Waals surface area (Å²) in [6.07, 6.45) is 6.84. The van der Waals surface area contributed by atoms with E-state index in [9.17, 15) is 9.59 Å². The van der Waals surface area contributed by atoms with Crippen LogP contribution in [0.25, 0.3) is 0 Å². The van der Waals surface area contributed by atoms with E-state index < -0.39 is 5.54 Å². The van der Waals surface area contributed by atoms with E-state index in [1.807, 2.05) is 59.6 Å². The zero-order chi connectivity index (χ0) is 37.4. The van der Waals surface area contributed by atoms with Crippen LogP contribution in [0.2, 0.25) is 0 Å². The molecule has 11 heteroatoms. The van der Waals surface area contributed by atoms with Crippen molar-refractivity contribution in [3.63, 3.8) is 0 Å². The fourth-order valence-electron chi connectivity index (χ4n) is 7.70. The van der Waals surface area contributed by atoms with Crippen LogP contribution in [0.5, 0.6) is 23.0 Å². The minimum absolute atomic E-state index is 0.0708. The van der Waals surface area contributed by atoms with Gasteiger partial charge in [-0.3, -0.25) is 24.5 Å². The lowest BCUT2D eigenvalue weighted by Crippen LogP contribution is -2.54. The third-order valence-electron chi connectivity index (χ3n) is 10.9. The number of methoxy groups -OCH3 is 2. The van der Waals surface area contributed by atoms with E-state index >= 15 is 0 Å². The molecule has 0 saturated carbocycles. The van der Waals surface area contributed by atoms with E-state index in [-0.39, 0.29) is 17.9 Å². The molecule has 276 valence electrons. The van der Waals surface area contributed by atoms with E-state index in [0.717, 1.165) is 17.5 Å². The first-order valence-corrected chi connectivity index (χ1v) is 18.2. The number of likely N-dealkylation sites (N-methyl/N-ethyl adjacent to an activating group) is 1. The number of hydrogen-bond acceptors (Lipinski definition) is 9. The highest BCUT2D eigenvalue weighted by atomic mass is 16.5. The summed E-state index contributed by atoms with van der Waals surface area (Å²) in [7, 11) is 5.12. The van der Waals surface area contributed by atoms with Gasteiger partial charge in [-0.05, 0) is 47.9 Å². The first-order valence-electron chi connectivity index (χ1n) is 18.2. The standard InChI is InChI=1S/C43H43N5O6/c1-5-43-23-29-11-7-9-13-31(29)26-48(43)42(50)34-20-38(52-4)40(22-36(34)45-27-43)54-17-15-46(2)14-16-53-39-21-35-33(19-37(39)51-3)41(49)47-25-30-12-8-6-10-28(30)18-32(47)24-44-35/h5-13,19-22,24,27,32H,1,14-18,23,25-26H2,2-4H3. The zero-order valence-electron chi connectivity index (χ0n) is 30.8. The maximum Gasteiger partial charge on any atom is 0.257 e. The number of ether oxygens (including phenoxy) is 4. The van der Waals surface area contributed by atoms with Gasteiger partial charge in [0.05, 0.1) is 42.8 Å². The summed E-state index contributed by atoms with van der Waals surface area (Å²) in [5.74, 6) is 1.77. The second-order valence-corrected chi connectivity index (χ2v) is 14.1. The minimum Gasteiger partial charge on any atom is -0.493 e. The molecule has 4 aliphatic rings. The number of carbonyl (C=O) groups excluding carboxylic acids is 2. The van der Waals surface area contributed by atoms with E-state index in [2.05, 4.69) is 35.7 Å². The van der Waals surface area contributed by atoms with E-state index in [1.165, 1.54) is 11.1 Å². The van der Waals surface area contributed by atoms with Crippen molar-refractivity contribution < 1.29 is 28.5 Å². The highest BCUT2D eigenvalue weighted by Crippen LogP contribution is 2.42. The molecule has 0 saturated heterocycles. The van der Waals surface area contributed by atoms with Gasteiger partial charge in [0.2, 0.25) is 0 Å². The summed E-state index contributed by atoms with van der Waals surface area (Å²) in [6.45, 7) is 7.03. The molecule has 0 aliphatic carbocycles. The molecule has 8 rings (SSSR count). The summed E-state index contributed by atoms with van der Waals surface area (Å²) in [4.78, 5) is 43.1. The largest absolute Gasteiger partial charge is 0.493 e. The Kier molecular flexibility index (Phi) is 9.41. The van der Waals surface area contributed by atoms with Crippen LogP contribution >= 0.6 is 0 Å². The molecule has 0 spiro atoms. The molecular weight excluding hydrogens is 683 g/mol. The maximum absolute atomic E-state index is 14.0. The van der Waals surface area contributed by atoms with Gasteiger partial charge in [0.1, 0.15) is 18.8 Å². The second-order valence-electron chi connectivity index (χ2n) is 14.1. The van der Waals surface area contributed by atoms with Crippen molar-refractivity contribution in [2.75, 3.05) is 47.6 Å². The number of carbonyl (C=O) groups is 2. The second kappa shape index (κ2) is 14.5. The Morgan fingerprint density at radius 1 is 0.778 bits per heavy atom. The smallest absolute Gasteiger partial charge is 0.257 e. The van der Waals surface area contributed by atoms with Gasteiger partial charge in [-0.25, -0.2) is 0 Å². The Balaban J connectivity index is 0.899. The molecule has 4 heterocycles. The lowest BCUT2D eigenvalue weighted by atomic mass is 9.83. The van der Waals surface area contributed by atoms with Crippen molar-refractivity contribution in [2.24, 2.45) is 9.98 Å². The molecule has 4 aromatic rings. The van der Waals surface area contributed by atoms with Crippen LogP contribution in [0.1, 0.15) is 43.0 Å². The van der Waals surface area contributed by atoms with Gasteiger partial charge < -0.3 is 28.7 Å². The Labute approximate surface area is 315 Å². The molecule has 0 bridgehead atoms. The summed E-state index contributed by atoms with van der Waals surface area (Å²) in [5.41, 5.74) is 6.01. The fraction of sp³-hybridized carbons (Fsp3) is 0.302. The van der Waals surface area contributed by atoms with Crippen molar-refractivity contribution in [1.29, 1.82) is 0 Å². The first-order chi connectivity index (χ1) is 26.3. The quantitative estimate of drug-likeness (QED) is 0.169. The summed E-state index contributed by atoms with van der Waals surface area (Å²) >= 11 is 0. The lowest BCUT2D eigenvalue weighted by molar-refractivity contribution is 0.0631. The molecular formula is C43H43N5O6. The normalized spacial score (nSPS) is 19.4. The molecule has 0 radical (unpaired) electrons. The summed E-state index contributed by atoms with van der Waals surface area (Å²) in [5, 5.41) is 0. The van der Waals surface area contributed by atoms with Crippen molar-refractivity contribution in [3.8, 4) is 23.0 Å². The average Bonchev–Trinajstić information content (AvgIpc) is 3.40. The molecule has 2 unspecified atom stereocenters. The topological polar surface area (TPSA) is 106 Å². The highest BCUT2D eigenvalue weighted by Gasteiger charge is 2.43.